The molecule has 0 aliphatic carbocycles. The normalized spacial score (nSPS) is 12.6. The fourth-order valence-electron chi connectivity index (χ4n) is 1.58. The van der Waals surface area contributed by atoms with Gasteiger partial charge in [0, 0.05) is 19.8 Å². The zero-order valence-electron chi connectivity index (χ0n) is 10.3. The van der Waals surface area contributed by atoms with Crippen molar-refractivity contribution in [2.45, 2.75) is 32.2 Å². The van der Waals surface area contributed by atoms with Crippen LogP contribution in [0.3, 0.4) is 0 Å². The largest absolute Gasteiger partial charge is 0.400 e. The van der Waals surface area contributed by atoms with Gasteiger partial charge in [-0.05, 0) is 12.0 Å². The Morgan fingerprint density at radius 3 is 2.50 bits per heavy atom. The van der Waals surface area contributed by atoms with Gasteiger partial charge in [0.15, 0.2) is 0 Å². The average molecular weight is 238 g/mol. The summed E-state index contributed by atoms with van der Waals surface area (Å²) in [5.74, 6) is 0. The van der Waals surface area contributed by atoms with Crippen molar-refractivity contribution in [2.75, 3.05) is 13.7 Å². The van der Waals surface area contributed by atoms with Gasteiger partial charge in [-0.25, -0.2) is 0 Å². The number of benzene rings is 1. The maximum atomic E-state index is 5.81. The molecule has 0 fully saturated rings. The van der Waals surface area contributed by atoms with Gasteiger partial charge >= 0.3 is 9.28 Å². The zero-order chi connectivity index (χ0) is 11.6. The first-order valence-corrected chi connectivity index (χ1v) is 7.81. The fourth-order valence-corrected chi connectivity index (χ4v) is 3.09. The van der Waals surface area contributed by atoms with Crippen molar-refractivity contribution in [3.63, 3.8) is 0 Å². The molecule has 3 heteroatoms. The van der Waals surface area contributed by atoms with Crippen LogP contribution in [0.15, 0.2) is 30.3 Å². The second-order valence-corrected chi connectivity index (χ2v) is 6.00. The van der Waals surface area contributed by atoms with Crippen molar-refractivity contribution in [1.29, 1.82) is 0 Å². The molecule has 0 bridgehead atoms. The Hall–Kier alpha value is -0.643. The standard InChI is InChI=1S/C13H22O2Si/c1-3-4-8-11-15-16(14-2)12-13-9-6-5-7-10-13/h5-7,9-10,16H,3-4,8,11-12H2,1-2H3. The van der Waals surface area contributed by atoms with Crippen molar-refractivity contribution in [3.05, 3.63) is 35.9 Å². The van der Waals surface area contributed by atoms with Crippen LogP contribution in [-0.4, -0.2) is 23.0 Å². The molecule has 0 spiro atoms. The highest BCUT2D eigenvalue weighted by Gasteiger charge is 2.11. The van der Waals surface area contributed by atoms with E-state index in [1.54, 1.807) is 7.11 Å². The smallest absolute Gasteiger partial charge is 0.325 e. The molecule has 0 N–H and O–H groups in total. The Kier molecular flexibility index (Phi) is 7.13. The third kappa shape index (κ3) is 5.44. The summed E-state index contributed by atoms with van der Waals surface area (Å²) in [5.41, 5.74) is 1.32. The summed E-state index contributed by atoms with van der Waals surface area (Å²) >= 11 is 0. The molecule has 0 saturated carbocycles. The van der Waals surface area contributed by atoms with Crippen LogP contribution >= 0.6 is 0 Å². The van der Waals surface area contributed by atoms with E-state index in [2.05, 4.69) is 31.2 Å². The summed E-state index contributed by atoms with van der Waals surface area (Å²) in [6.07, 6.45) is 3.63. The minimum Gasteiger partial charge on any atom is -0.400 e. The average Bonchev–Trinajstić information content (AvgIpc) is 2.34. The summed E-state index contributed by atoms with van der Waals surface area (Å²) in [4.78, 5) is 0. The predicted molar refractivity (Wildman–Crippen MR) is 69.8 cm³/mol. The van der Waals surface area contributed by atoms with Gasteiger partial charge in [0.2, 0.25) is 0 Å². The summed E-state index contributed by atoms with van der Waals surface area (Å²) in [6, 6.07) is 11.4. The lowest BCUT2D eigenvalue weighted by atomic mass is 10.2. The monoisotopic (exact) mass is 238 g/mol. The molecule has 0 amide bonds. The van der Waals surface area contributed by atoms with Crippen LogP contribution in [0.4, 0.5) is 0 Å². The zero-order valence-corrected chi connectivity index (χ0v) is 11.5. The summed E-state index contributed by atoms with van der Waals surface area (Å²) in [6.45, 7) is 3.06. The lowest BCUT2D eigenvalue weighted by Gasteiger charge is -2.14. The maximum Gasteiger partial charge on any atom is 0.325 e. The van der Waals surface area contributed by atoms with E-state index in [0.29, 0.717) is 0 Å². The van der Waals surface area contributed by atoms with Crippen molar-refractivity contribution >= 4 is 9.28 Å². The van der Waals surface area contributed by atoms with E-state index < -0.39 is 9.28 Å². The van der Waals surface area contributed by atoms with Crippen LogP contribution in [0.1, 0.15) is 31.7 Å². The van der Waals surface area contributed by atoms with Gasteiger partial charge in [0.1, 0.15) is 0 Å². The Bertz CT molecular complexity index is 264. The molecule has 0 heterocycles. The SMILES string of the molecule is CCCCCO[SiH](Cc1ccccc1)OC. The number of unbranched alkanes of at least 4 members (excludes halogenated alkanes) is 2. The molecular formula is C13H22O2Si. The van der Waals surface area contributed by atoms with Crippen molar-refractivity contribution in [2.24, 2.45) is 0 Å². The van der Waals surface area contributed by atoms with E-state index >= 15 is 0 Å². The number of hydrogen-bond acceptors (Lipinski definition) is 2. The van der Waals surface area contributed by atoms with Crippen molar-refractivity contribution in [1.82, 2.24) is 0 Å². The molecule has 0 saturated heterocycles. The van der Waals surface area contributed by atoms with Crippen LogP contribution in [0.2, 0.25) is 0 Å². The van der Waals surface area contributed by atoms with E-state index in [1.165, 1.54) is 18.4 Å². The summed E-state index contributed by atoms with van der Waals surface area (Å²) in [5, 5.41) is 0. The van der Waals surface area contributed by atoms with E-state index in [-0.39, 0.29) is 0 Å². The molecular weight excluding hydrogens is 216 g/mol. The molecule has 0 aliphatic heterocycles. The first-order valence-electron chi connectivity index (χ1n) is 6.05. The highest BCUT2D eigenvalue weighted by atomic mass is 28.3. The van der Waals surface area contributed by atoms with E-state index in [1.807, 2.05) is 6.07 Å². The minimum absolute atomic E-state index is 0.853. The van der Waals surface area contributed by atoms with Crippen molar-refractivity contribution in [3.8, 4) is 0 Å². The third-order valence-corrected chi connectivity index (χ3v) is 4.50. The van der Waals surface area contributed by atoms with Crippen LogP contribution in [0.25, 0.3) is 0 Å². The molecule has 0 aromatic heterocycles. The van der Waals surface area contributed by atoms with Gasteiger partial charge in [-0.2, -0.15) is 0 Å². The molecule has 1 atom stereocenters. The van der Waals surface area contributed by atoms with Gasteiger partial charge < -0.3 is 8.85 Å². The Morgan fingerprint density at radius 2 is 1.88 bits per heavy atom. The minimum atomic E-state index is -1.48. The molecule has 1 unspecified atom stereocenters. The summed E-state index contributed by atoms with van der Waals surface area (Å²) in [7, 11) is 0.281. The molecule has 0 radical (unpaired) electrons. The quantitative estimate of drug-likeness (QED) is 0.512. The summed E-state index contributed by atoms with van der Waals surface area (Å²) < 4.78 is 11.3. The van der Waals surface area contributed by atoms with Crippen LogP contribution in [0, 0.1) is 0 Å². The fraction of sp³-hybridized carbons (Fsp3) is 0.538. The Morgan fingerprint density at radius 1 is 1.12 bits per heavy atom. The Labute approximate surface area is 100 Å². The van der Waals surface area contributed by atoms with E-state index in [4.69, 9.17) is 8.85 Å². The van der Waals surface area contributed by atoms with Crippen molar-refractivity contribution < 1.29 is 8.85 Å². The molecule has 0 aliphatic rings. The van der Waals surface area contributed by atoms with Crippen LogP contribution < -0.4 is 0 Å². The molecule has 2 nitrogen and oxygen atoms in total. The molecule has 16 heavy (non-hydrogen) atoms. The van der Waals surface area contributed by atoms with Crippen LogP contribution in [-0.2, 0) is 14.9 Å². The van der Waals surface area contributed by atoms with Gasteiger partial charge in [0.05, 0.1) is 0 Å². The second-order valence-electron chi connectivity index (χ2n) is 3.93. The van der Waals surface area contributed by atoms with Gasteiger partial charge in [-0.15, -0.1) is 0 Å². The topological polar surface area (TPSA) is 18.5 Å². The van der Waals surface area contributed by atoms with Crippen LogP contribution in [0.5, 0.6) is 0 Å². The maximum absolute atomic E-state index is 5.81. The van der Waals surface area contributed by atoms with E-state index in [0.717, 1.165) is 19.1 Å². The lowest BCUT2D eigenvalue weighted by Crippen LogP contribution is -2.25. The third-order valence-electron chi connectivity index (χ3n) is 2.56. The Balaban J connectivity index is 2.26. The van der Waals surface area contributed by atoms with E-state index in [9.17, 15) is 0 Å². The second kappa shape index (κ2) is 8.50. The predicted octanol–water partition coefficient (Wildman–Crippen LogP) is 2.84. The lowest BCUT2D eigenvalue weighted by molar-refractivity contribution is 0.223. The molecule has 1 aromatic carbocycles. The molecule has 90 valence electrons. The number of rotatable bonds is 8. The highest BCUT2D eigenvalue weighted by molar-refractivity contribution is 6.43. The molecule has 1 rings (SSSR count). The van der Waals surface area contributed by atoms with Gasteiger partial charge in [-0.3, -0.25) is 0 Å². The number of hydrogen-bond donors (Lipinski definition) is 0. The molecule has 1 aromatic rings. The first kappa shape index (κ1) is 13.4. The van der Waals surface area contributed by atoms with Gasteiger partial charge in [0.25, 0.3) is 0 Å². The highest BCUT2D eigenvalue weighted by Crippen LogP contribution is 2.05. The van der Waals surface area contributed by atoms with Gasteiger partial charge in [-0.1, -0.05) is 50.1 Å². The first-order chi connectivity index (χ1) is 7.86.